The van der Waals surface area contributed by atoms with E-state index >= 15 is 0 Å². The minimum Gasteiger partial charge on any atom is -0.467 e. The van der Waals surface area contributed by atoms with Gasteiger partial charge in [0, 0.05) is 22.9 Å². The van der Waals surface area contributed by atoms with Crippen LogP contribution in [-0.2, 0) is 17.9 Å². The lowest BCUT2D eigenvalue weighted by molar-refractivity contribution is 0.0467. The molecule has 0 N–H and O–H groups in total. The molecule has 120 valence electrons. The Kier molecular flexibility index (Phi) is 4.49. The van der Waals surface area contributed by atoms with Crippen molar-refractivity contribution < 1.29 is 13.9 Å². The molecular weight excluding hydrogens is 338 g/mol. The van der Waals surface area contributed by atoms with E-state index in [2.05, 4.69) is 9.59 Å². The summed E-state index contributed by atoms with van der Waals surface area (Å²) in [5.74, 6) is 0.417. The Balaban J connectivity index is 1.75. The van der Waals surface area contributed by atoms with Crippen LogP contribution in [-0.4, -0.2) is 20.1 Å². The summed E-state index contributed by atoms with van der Waals surface area (Å²) in [6.45, 7) is 4.40. The molecule has 0 aliphatic carbocycles. The molecule has 0 aromatic carbocycles. The van der Waals surface area contributed by atoms with E-state index < -0.39 is 5.97 Å². The van der Waals surface area contributed by atoms with E-state index in [0.717, 1.165) is 28.7 Å². The fourth-order valence-corrected chi connectivity index (χ4v) is 2.91. The van der Waals surface area contributed by atoms with Crippen molar-refractivity contribution >= 4 is 29.1 Å². The van der Waals surface area contributed by atoms with Crippen molar-refractivity contribution in [2.24, 2.45) is 0 Å². The first-order valence-electron chi connectivity index (χ1n) is 6.89. The van der Waals surface area contributed by atoms with Gasteiger partial charge in [-0.1, -0.05) is 16.1 Å². The monoisotopic (exact) mass is 351 g/mol. The van der Waals surface area contributed by atoms with Crippen molar-refractivity contribution in [3.63, 3.8) is 0 Å². The Morgan fingerprint density at radius 1 is 1.48 bits per heavy atom. The summed E-state index contributed by atoms with van der Waals surface area (Å²) in [5, 5.41) is 3.82. The highest BCUT2D eigenvalue weighted by Crippen LogP contribution is 2.21. The fraction of sp³-hybridized carbons (Fsp3) is 0.267. The van der Waals surface area contributed by atoms with Crippen LogP contribution in [0.4, 0.5) is 0 Å². The van der Waals surface area contributed by atoms with Crippen LogP contribution in [0.1, 0.15) is 33.2 Å². The topological polar surface area (TPSA) is 70.2 Å². The van der Waals surface area contributed by atoms with Gasteiger partial charge in [0.15, 0.2) is 0 Å². The number of esters is 1. The zero-order valence-electron chi connectivity index (χ0n) is 12.6. The van der Waals surface area contributed by atoms with E-state index in [0.29, 0.717) is 22.1 Å². The molecule has 3 rings (SSSR count). The van der Waals surface area contributed by atoms with Gasteiger partial charge in [-0.15, -0.1) is 5.10 Å². The Labute approximate surface area is 141 Å². The highest BCUT2D eigenvalue weighted by molar-refractivity contribution is 7.10. The molecule has 0 saturated carbocycles. The molecule has 0 unspecified atom stereocenters. The maximum Gasteiger partial charge on any atom is 0.340 e. The standard InChI is InChI=1S/C15H14ClN3O3S/c1-9-6-12(10(2)19(9)7-11-4-3-5-21-11)15(20)22-8-13-14(16)23-18-17-13/h3-6H,7-8H2,1-2H3. The van der Waals surface area contributed by atoms with Crippen molar-refractivity contribution in [2.45, 2.75) is 27.0 Å². The number of nitrogens with zero attached hydrogens (tertiary/aromatic N) is 3. The molecule has 3 aromatic rings. The number of rotatable bonds is 5. The van der Waals surface area contributed by atoms with E-state index in [9.17, 15) is 4.79 Å². The van der Waals surface area contributed by atoms with Crippen LogP contribution in [0, 0.1) is 13.8 Å². The lowest BCUT2D eigenvalue weighted by Crippen LogP contribution is -2.08. The summed E-state index contributed by atoms with van der Waals surface area (Å²) in [6, 6.07) is 5.54. The Morgan fingerprint density at radius 2 is 2.30 bits per heavy atom. The van der Waals surface area contributed by atoms with E-state index in [1.807, 2.05) is 36.6 Å². The van der Waals surface area contributed by atoms with Crippen LogP contribution in [0.5, 0.6) is 0 Å². The molecule has 0 radical (unpaired) electrons. The molecule has 23 heavy (non-hydrogen) atoms. The summed E-state index contributed by atoms with van der Waals surface area (Å²) < 4.78 is 16.8. The molecule has 0 amide bonds. The predicted octanol–water partition coefficient (Wildman–Crippen LogP) is 3.61. The van der Waals surface area contributed by atoms with Gasteiger partial charge in [0.05, 0.1) is 18.4 Å². The van der Waals surface area contributed by atoms with E-state index in [1.165, 1.54) is 0 Å². The molecule has 3 aromatic heterocycles. The van der Waals surface area contributed by atoms with Crippen LogP contribution in [0.2, 0.25) is 4.34 Å². The highest BCUT2D eigenvalue weighted by atomic mass is 35.5. The minimum absolute atomic E-state index is 0.00994. The van der Waals surface area contributed by atoms with Gasteiger partial charge in [-0.3, -0.25) is 0 Å². The van der Waals surface area contributed by atoms with Crippen molar-refractivity contribution in [1.82, 2.24) is 14.2 Å². The number of aromatic nitrogens is 3. The summed E-state index contributed by atoms with van der Waals surface area (Å²) in [5.41, 5.74) is 2.77. The van der Waals surface area contributed by atoms with Crippen molar-refractivity contribution in [3.05, 3.63) is 57.2 Å². The predicted molar refractivity (Wildman–Crippen MR) is 85.8 cm³/mol. The van der Waals surface area contributed by atoms with Crippen LogP contribution in [0.3, 0.4) is 0 Å². The third kappa shape index (κ3) is 3.30. The van der Waals surface area contributed by atoms with Gasteiger partial charge in [-0.05, 0) is 32.0 Å². The molecule has 0 aliphatic rings. The molecule has 8 heteroatoms. The van der Waals surface area contributed by atoms with E-state index in [-0.39, 0.29) is 6.61 Å². The molecule has 0 atom stereocenters. The molecule has 3 heterocycles. The van der Waals surface area contributed by atoms with Gasteiger partial charge in [-0.2, -0.15) is 0 Å². The van der Waals surface area contributed by atoms with Crippen LogP contribution >= 0.6 is 23.1 Å². The van der Waals surface area contributed by atoms with Gasteiger partial charge in [-0.25, -0.2) is 4.79 Å². The summed E-state index contributed by atoms with van der Waals surface area (Å²) in [4.78, 5) is 12.3. The SMILES string of the molecule is Cc1cc(C(=O)OCc2nnsc2Cl)c(C)n1Cc1ccco1. The largest absolute Gasteiger partial charge is 0.467 e. The van der Waals surface area contributed by atoms with Crippen LogP contribution in [0.25, 0.3) is 0 Å². The second-order valence-corrected chi connectivity index (χ2v) is 6.38. The number of hydrogen-bond donors (Lipinski definition) is 0. The Morgan fingerprint density at radius 3 is 2.96 bits per heavy atom. The summed E-state index contributed by atoms with van der Waals surface area (Å²) in [7, 11) is 0. The minimum atomic E-state index is -0.409. The summed E-state index contributed by atoms with van der Waals surface area (Å²) in [6.07, 6.45) is 1.63. The fourth-order valence-electron chi connectivity index (χ4n) is 2.30. The van der Waals surface area contributed by atoms with Crippen LogP contribution in [0.15, 0.2) is 28.9 Å². The number of furan rings is 1. The first-order chi connectivity index (χ1) is 11.1. The average Bonchev–Trinajstić information content (AvgIpc) is 3.23. The number of aryl methyl sites for hydroxylation is 1. The number of hydrogen-bond acceptors (Lipinski definition) is 6. The second-order valence-electron chi connectivity index (χ2n) is 5.02. The number of halogens is 1. The van der Waals surface area contributed by atoms with Crippen molar-refractivity contribution in [2.75, 3.05) is 0 Å². The Hall–Kier alpha value is -2.12. The van der Waals surface area contributed by atoms with Crippen molar-refractivity contribution in [3.8, 4) is 0 Å². The zero-order chi connectivity index (χ0) is 16.4. The lowest BCUT2D eigenvalue weighted by Gasteiger charge is -2.08. The molecule has 0 bridgehead atoms. The molecule has 0 aliphatic heterocycles. The highest BCUT2D eigenvalue weighted by Gasteiger charge is 2.18. The number of carbonyl (C=O) groups excluding carboxylic acids is 1. The number of ether oxygens (including phenoxy) is 1. The molecule has 0 spiro atoms. The number of carbonyl (C=O) groups is 1. The molecule has 6 nitrogen and oxygen atoms in total. The van der Waals surface area contributed by atoms with Gasteiger partial charge in [0.1, 0.15) is 22.4 Å². The smallest absolute Gasteiger partial charge is 0.340 e. The first-order valence-corrected chi connectivity index (χ1v) is 8.04. The second kappa shape index (κ2) is 6.55. The van der Waals surface area contributed by atoms with Gasteiger partial charge < -0.3 is 13.7 Å². The quantitative estimate of drug-likeness (QED) is 0.657. The third-order valence-electron chi connectivity index (χ3n) is 3.54. The van der Waals surface area contributed by atoms with E-state index in [1.54, 1.807) is 6.26 Å². The van der Waals surface area contributed by atoms with Crippen molar-refractivity contribution in [1.29, 1.82) is 0 Å². The Bertz CT molecular complexity index is 823. The maximum absolute atomic E-state index is 12.3. The average molecular weight is 352 g/mol. The normalized spacial score (nSPS) is 10.9. The molecule has 0 saturated heterocycles. The third-order valence-corrected chi connectivity index (χ3v) is 4.52. The van der Waals surface area contributed by atoms with Gasteiger partial charge >= 0.3 is 5.97 Å². The van der Waals surface area contributed by atoms with Crippen LogP contribution < -0.4 is 0 Å². The van der Waals surface area contributed by atoms with Gasteiger partial charge in [0.25, 0.3) is 0 Å². The van der Waals surface area contributed by atoms with Gasteiger partial charge in [0.2, 0.25) is 0 Å². The zero-order valence-corrected chi connectivity index (χ0v) is 14.1. The maximum atomic E-state index is 12.3. The lowest BCUT2D eigenvalue weighted by atomic mass is 10.2. The first kappa shape index (κ1) is 15.8. The van der Waals surface area contributed by atoms with E-state index in [4.69, 9.17) is 20.8 Å². The molecular formula is C15H14ClN3O3S. The molecule has 0 fully saturated rings. The summed E-state index contributed by atoms with van der Waals surface area (Å²) >= 11 is 6.96.